The van der Waals surface area contributed by atoms with Crippen molar-refractivity contribution in [1.29, 1.82) is 0 Å². The average molecular weight is 479 g/mol. The first kappa shape index (κ1) is 23.2. The van der Waals surface area contributed by atoms with E-state index in [2.05, 4.69) is 38.9 Å². The summed E-state index contributed by atoms with van der Waals surface area (Å²) in [4.78, 5) is 25.1. The zero-order valence-electron chi connectivity index (χ0n) is 19.8. The van der Waals surface area contributed by atoms with Crippen LogP contribution in [0.3, 0.4) is 0 Å². The SMILES string of the molecule is CC(C)N1CCN(c2ccc(-c3cc(-c4cc5c(cc4F)C(=O)NCC5)c(N)nc3F)cn2)CC1. The predicted molar refractivity (Wildman–Crippen MR) is 132 cm³/mol. The summed E-state index contributed by atoms with van der Waals surface area (Å²) in [5.74, 6) is -0.942. The first-order chi connectivity index (χ1) is 16.8. The van der Waals surface area contributed by atoms with Crippen molar-refractivity contribution in [3.8, 4) is 22.3 Å². The molecule has 9 heteroatoms. The van der Waals surface area contributed by atoms with Crippen LogP contribution in [0, 0.1) is 11.8 Å². The Morgan fingerprint density at radius 2 is 1.77 bits per heavy atom. The van der Waals surface area contributed by atoms with Crippen molar-refractivity contribution in [3.05, 3.63) is 59.4 Å². The molecule has 3 N–H and O–H groups in total. The number of nitrogens with zero attached hydrogens (tertiary/aromatic N) is 4. The Balaban J connectivity index is 1.45. The van der Waals surface area contributed by atoms with Crippen molar-refractivity contribution >= 4 is 17.5 Å². The number of halogens is 2. The Bertz CT molecular complexity index is 1270. The quantitative estimate of drug-likeness (QED) is 0.559. The summed E-state index contributed by atoms with van der Waals surface area (Å²) in [7, 11) is 0. The van der Waals surface area contributed by atoms with E-state index >= 15 is 4.39 Å². The minimum absolute atomic E-state index is 0.113. The van der Waals surface area contributed by atoms with Gasteiger partial charge in [0.25, 0.3) is 5.91 Å². The van der Waals surface area contributed by atoms with E-state index < -0.39 is 11.8 Å². The molecule has 7 nitrogen and oxygen atoms in total. The number of carbonyl (C=O) groups excluding carboxylic acids is 1. The standard InChI is InChI=1S/C26H28F2N6O/c1-15(2)33-7-9-34(10-8-33)23-4-3-17(14-31-23)18-12-21(25(29)32-24(18)28)20-11-16-5-6-30-26(35)19(16)13-22(20)27/h3-4,11-15H,5-10H2,1-2H3,(H2,29,32)(H,30,35). The highest BCUT2D eigenvalue weighted by Crippen LogP contribution is 2.35. The number of aromatic nitrogens is 2. The van der Waals surface area contributed by atoms with Crippen LogP contribution in [0.2, 0.25) is 0 Å². The average Bonchev–Trinajstić information content (AvgIpc) is 2.85. The van der Waals surface area contributed by atoms with E-state index in [-0.39, 0.29) is 28.4 Å². The van der Waals surface area contributed by atoms with E-state index in [9.17, 15) is 9.18 Å². The molecule has 4 heterocycles. The number of benzene rings is 1. The first-order valence-corrected chi connectivity index (χ1v) is 11.8. The molecule has 2 aromatic heterocycles. The third kappa shape index (κ3) is 4.43. The second-order valence-corrected chi connectivity index (χ2v) is 9.28. The van der Waals surface area contributed by atoms with E-state index in [1.54, 1.807) is 18.3 Å². The fraction of sp³-hybridized carbons (Fsp3) is 0.346. The van der Waals surface area contributed by atoms with Gasteiger partial charge in [-0.3, -0.25) is 9.69 Å². The highest BCUT2D eigenvalue weighted by Gasteiger charge is 2.23. The van der Waals surface area contributed by atoms with Gasteiger partial charge in [0.2, 0.25) is 5.95 Å². The number of hydrogen-bond acceptors (Lipinski definition) is 6. The van der Waals surface area contributed by atoms with E-state index in [1.165, 1.54) is 12.1 Å². The molecule has 0 spiro atoms. The van der Waals surface area contributed by atoms with Gasteiger partial charge in [-0.25, -0.2) is 14.4 Å². The number of pyridine rings is 2. The number of piperazine rings is 1. The zero-order valence-corrected chi connectivity index (χ0v) is 19.8. The van der Waals surface area contributed by atoms with Crippen LogP contribution in [0.1, 0.15) is 29.8 Å². The van der Waals surface area contributed by atoms with Crippen molar-refractivity contribution in [2.24, 2.45) is 0 Å². The summed E-state index contributed by atoms with van der Waals surface area (Å²) in [5.41, 5.74) is 8.22. The Labute approximate surface area is 203 Å². The fourth-order valence-electron chi connectivity index (χ4n) is 4.77. The lowest BCUT2D eigenvalue weighted by atomic mass is 9.93. The van der Waals surface area contributed by atoms with Crippen molar-refractivity contribution in [2.75, 3.05) is 43.4 Å². The smallest absolute Gasteiger partial charge is 0.251 e. The highest BCUT2D eigenvalue weighted by atomic mass is 19.1. The molecule has 1 aromatic carbocycles. The molecule has 0 aliphatic carbocycles. The molecule has 2 aliphatic heterocycles. The van der Waals surface area contributed by atoms with Crippen LogP contribution in [0.4, 0.5) is 20.4 Å². The van der Waals surface area contributed by atoms with E-state index in [0.29, 0.717) is 30.1 Å². The van der Waals surface area contributed by atoms with Crippen LogP contribution in [0.25, 0.3) is 22.3 Å². The summed E-state index contributed by atoms with van der Waals surface area (Å²) in [6.07, 6.45) is 2.18. The molecule has 1 saturated heterocycles. The Morgan fingerprint density at radius 3 is 2.46 bits per heavy atom. The van der Waals surface area contributed by atoms with Crippen molar-refractivity contribution in [2.45, 2.75) is 26.3 Å². The summed E-state index contributed by atoms with van der Waals surface area (Å²) >= 11 is 0. The Morgan fingerprint density at radius 1 is 1.00 bits per heavy atom. The van der Waals surface area contributed by atoms with Gasteiger partial charge in [-0.05, 0) is 56.2 Å². The predicted octanol–water partition coefficient (Wildman–Crippen LogP) is 3.49. The molecular weight excluding hydrogens is 450 g/mol. The number of carbonyl (C=O) groups is 1. The highest BCUT2D eigenvalue weighted by molar-refractivity contribution is 5.97. The minimum Gasteiger partial charge on any atom is -0.383 e. The summed E-state index contributed by atoms with van der Waals surface area (Å²) < 4.78 is 29.9. The Kier molecular flexibility index (Phi) is 6.10. The van der Waals surface area contributed by atoms with Crippen LogP contribution < -0.4 is 16.0 Å². The van der Waals surface area contributed by atoms with Gasteiger partial charge in [0.15, 0.2) is 0 Å². The van der Waals surface area contributed by atoms with Crippen LogP contribution in [-0.2, 0) is 6.42 Å². The lowest BCUT2D eigenvalue weighted by Gasteiger charge is -2.37. The van der Waals surface area contributed by atoms with Gasteiger partial charge in [-0.1, -0.05) is 0 Å². The van der Waals surface area contributed by atoms with Gasteiger partial charge in [0.1, 0.15) is 17.5 Å². The number of nitrogen functional groups attached to an aromatic ring is 1. The molecule has 1 amide bonds. The van der Waals surface area contributed by atoms with Crippen molar-refractivity contribution in [1.82, 2.24) is 20.2 Å². The maximum absolute atomic E-state index is 15.0. The number of fused-ring (bicyclic) bond motifs is 1. The molecule has 5 rings (SSSR count). The number of nitrogens with one attached hydrogen (secondary N) is 1. The number of rotatable bonds is 4. The number of hydrogen-bond donors (Lipinski definition) is 2. The fourth-order valence-corrected chi connectivity index (χ4v) is 4.77. The van der Waals surface area contributed by atoms with E-state index in [4.69, 9.17) is 5.73 Å². The lowest BCUT2D eigenvalue weighted by molar-refractivity contribution is 0.0945. The lowest BCUT2D eigenvalue weighted by Crippen LogP contribution is -2.49. The van der Waals surface area contributed by atoms with Crippen LogP contribution >= 0.6 is 0 Å². The summed E-state index contributed by atoms with van der Waals surface area (Å²) in [6.45, 7) is 8.55. The van der Waals surface area contributed by atoms with Gasteiger partial charge in [-0.2, -0.15) is 4.39 Å². The van der Waals surface area contributed by atoms with Crippen LogP contribution in [0.5, 0.6) is 0 Å². The second kappa shape index (κ2) is 9.22. The molecule has 2 aliphatic rings. The second-order valence-electron chi connectivity index (χ2n) is 9.28. The minimum atomic E-state index is -0.746. The van der Waals surface area contributed by atoms with Gasteiger partial charge < -0.3 is 16.0 Å². The molecule has 182 valence electrons. The maximum Gasteiger partial charge on any atom is 0.251 e. The molecule has 3 aromatic rings. The summed E-state index contributed by atoms with van der Waals surface area (Å²) in [5, 5.41) is 2.70. The molecular formula is C26H28F2N6O. The van der Waals surface area contributed by atoms with Gasteiger partial charge in [0, 0.05) is 72.8 Å². The topological polar surface area (TPSA) is 87.4 Å². The first-order valence-electron chi connectivity index (χ1n) is 11.8. The molecule has 0 saturated carbocycles. The Hall–Kier alpha value is -3.59. The van der Waals surface area contributed by atoms with Crippen molar-refractivity contribution < 1.29 is 13.6 Å². The maximum atomic E-state index is 15.0. The van der Waals surface area contributed by atoms with Crippen LogP contribution in [-0.4, -0.2) is 59.5 Å². The number of amides is 1. The third-order valence-corrected chi connectivity index (χ3v) is 6.84. The number of nitrogens with two attached hydrogens (primary N) is 1. The molecule has 0 unspecified atom stereocenters. The molecule has 1 fully saturated rings. The van der Waals surface area contributed by atoms with Gasteiger partial charge >= 0.3 is 0 Å². The van der Waals surface area contributed by atoms with Gasteiger partial charge in [-0.15, -0.1) is 0 Å². The molecule has 0 atom stereocenters. The van der Waals surface area contributed by atoms with E-state index in [0.717, 1.165) is 37.6 Å². The zero-order chi connectivity index (χ0) is 24.7. The normalized spacial score (nSPS) is 16.4. The van der Waals surface area contributed by atoms with E-state index in [1.807, 2.05) is 6.07 Å². The molecule has 0 bridgehead atoms. The molecule has 0 radical (unpaired) electrons. The number of anilines is 2. The monoisotopic (exact) mass is 478 g/mol. The molecule has 35 heavy (non-hydrogen) atoms. The summed E-state index contributed by atoms with van der Waals surface area (Å²) in [6, 6.07) is 8.50. The van der Waals surface area contributed by atoms with Gasteiger partial charge in [0.05, 0.1) is 0 Å². The third-order valence-electron chi connectivity index (χ3n) is 6.84. The van der Waals surface area contributed by atoms with Crippen molar-refractivity contribution in [3.63, 3.8) is 0 Å². The van der Waals surface area contributed by atoms with Crippen LogP contribution in [0.15, 0.2) is 36.5 Å². The largest absolute Gasteiger partial charge is 0.383 e.